The lowest BCUT2D eigenvalue weighted by atomic mass is 10.1. The van der Waals surface area contributed by atoms with Crippen molar-refractivity contribution in [1.29, 1.82) is 0 Å². The van der Waals surface area contributed by atoms with E-state index in [0.29, 0.717) is 5.69 Å². The Balaban J connectivity index is 1.34. The van der Waals surface area contributed by atoms with Crippen LogP contribution >= 0.6 is 11.3 Å². The number of hydrogen-bond acceptors (Lipinski definition) is 6. The van der Waals surface area contributed by atoms with Gasteiger partial charge in [0.25, 0.3) is 5.91 Å². The molecule has 2 heterocycles. The van der Waals surface area contributed by atoms with Gasteiger partial charge >= 0.3 is 5.97 Å². The molecule has 0 aliphatic rings. The van der Waals surface area contributed by atoms with Crippen LogP contribution in [0.4, 0.5) is 5.69 Å². The lowest BCUT2D eigenvalue weighted by Crippen LogP contribution is -2.30. The first kappa shape index (κ1) is 19.7. The van der Waals surface area contributed by atoms with Gasteiger partial charge in [-0.2, -0.15) is 0 Å². The summed E-state index contributed by atoms with van der Waals surface area (Å²) in [6, 6.07) is 20.6. The molecular weight excluding hydrogens is 398 g/mol. The number of fused-ring (bicyclic) bond motifs is 1. The van der Waals surface area contributed by atoms with E-state index in [1.54, 1.807) is 23.5 Å². The van der Waals surface area contributed by atoms with Crippen LogP contribution in [0.15, 0.2) is 72.9 Å². The summed E-state index contributed by atoms with van der Waals surface area (Å²) >= 11 is 1.68. The zero-order valence-electron chi connectivity index (χ0n) is 16.2. The van der Waals surface area contributed by atoms with Gasteiger partial charge in [-0.1, -0.05) is 30.3 Å². The Labute approximate surface area is 177 Å². The summed E-state index contributed by atoms with van der Waals surface area (Å²) in [4.78, 5) is 32.9. The Hall–Kier alpha value is -3.58. The van der Waals surface area contributed by atoms with E-state index in [4.69, 9.17) is 4.74 Å². The van der Waals surface area contributed by atoms with Gasteiger partial charge in [0, 0.05) is 18.3 Å². The molecule has 150 valence electrons. The van der Waals surface area contributed by atoms with Gasteiger partial charge < -0.3 is 10.1 Å². The highest BCUT2D eigenvalue weighted by molar-refractivity contribution is 7.18. The van der Waals surface area contributed by atoms with Crippen LogP contribution in [0, 0.1) is 0 Å². The Bertz CT molecular complexity index is 1140. The van der Waals surface area contributed by atoms with Gasteiger partial charge in [-0.05, 0) is 48.9 Å². The molecule has 1 atom stereocenters. The zero-order valence-corrected chi connectivity index (χ0v) is 17.1. The van der Waals surface area contributed by atoms with E-state index in [9.17, 15) is 9.59 Å². The van der Waals surface area contributed by atoms with E-state index in [-0.39, 0.29) is 5.69 Å². The maximum atomic E-state index is 12.3. The van der Waals surface area contributed by atoms with Gasteiger partial charge in [-0.15, -0.1) is 11.3 Å². The minimum atomic E-state index is -0.943. The van der Waals surface area contributed by atoms with Crippen LogP contribution in [0.3, 0.4) is 0 Å². The minimum absolute atomic E-state index is 0.163. The summed E-state index contributed by atoms with van der Waals surface area (Å²) in [7, 11) is 0. The van der Waals surface area contributed by atoms with Crippen LogP contribution in [0.1, 0.15) is 28.0 Å². The predicted molar refractivity (Wildman–Crippen MR) is 117 cm³/mol. The topological polar surface area (TPSA) is 81.2 Å². The molecule has 2 aromatic heterocycles. The number of nitrogens with zero attached hydrogens (tertiary/aromatic N) is 2. The van der Waals surface area contributed by atoms with E-state index in [1.807, 2.05) is 42.5 Å². The van der Waals surface area contributed by atoms with Crippen molar-refractivity contribution in [3.63, 3.8) is 0 Å². The number of thiazole rings is 1. The van der Waals surface area contributed by atoms with Gasteiger partial charge in [-0.25, -0.2) is 14.8 Å². The second kappa shape index (κ2) is 8.84. The van der Waals surface area contributed by atoms with Crippen LogP contribution in [0.25, 0.3) is 10.2 Å². The van der Waals surface area contributed by atoms with Crippen LogP contribution in [0.5, 0.6) is 0 Å². The Morgan fingerprint density at radius 1 is 1.03 bits per heavy atom. The first-order valence-electron chi connectivity index (χ1n) is 9.45. The molecule has 6 nitrogen and oxygen atoms in total. The van der Waals surface area contributed by atoms with Gasteiger partial charge in [0.2, 0.25) is 0 Å². The second-order valence-corrected chi connectivity index (χ2v) is 7.82. The van der Waals surface area contributed by atoms with Crippen molar-refractivity contribution in [2.75, 3.05) is 5.32 Å². The SMILES string of the molecule is C[C@H](OC(=O)c1ccccn1)C(=O)Nc1ccc(Cc2nc3ccccc3s2)cc1. The van der Waals surface area contributed by atoms with Crippen molar-refractivity contribution < 1.29 is 14.3 Å². The summed E-state index contributed by atoms with van der Waals surface area (Å²) in [5.74, 6) is -1.04. The number of aromatic nitrogens is 2. The molecule has 30 heavy (non-hydrogen) atoms. The maximum Gasteiger partial charge on any atom is 0.357 e. The average molecular weight is 417 g/mol. The number of anilines is 1. The predicted octanol–water partition coefficient (Wildman–Crippen LogP) is 4.47. The number of benzene rings is 2. The highest BCUT2D eigenvalue weighted by Crippen LogP contribution is 2.24. The molecule has 0 aliphatic heterocycles. The van der Waals surface area contributed by atoms with Crippen molar-refractivity contribution in [2.45, 2.75) is 19.4 Å². The quantitative estimate of drug-likeness (QED) is 0.468. The molecular formula is C23H19N3O3S. The van der Waals surface area contributed by atoms with E-state index in [1.165, 1.54) is 23.9 Å². The van der Waals surface area contributed by atoms with Crippen LogP contribution in [-0.4, -0.2) is 27.9 Å². The van der Waals surface area contributed by atoms with E-state index in [2.05, 4.69) is 21.4 Å². The van der Waals surface area contributed by atoms with Crippen molar-refractivity contribution in [1.82, 2.24) is 9.97 Å². The van der Waals surface area contributed by atoms with Crippen molar-refractivity contribution in [3.8, 4) is 0 Å². The number of rotatable bonds is 6. The molecule has 0 spiro atoms. The molecule has 0 saturated carbocycles. The molecule has 7 heteroatoms. The number of amides is 1. The fourth-order valence-corrected chi connectivity index (χ4v) is 3.88. The van der Waals surface area contributed by atoms with E-state index < -0.39 is 18.0 Å². The summed E-state index contributed by atoms with van der Waals surface area (Å²) in [5.41, 5.74) is 2.91. The van der Waals surface area contributed by atoms with Gasteiger partial charge in [-0.3, -0.25) is 4.79 Å². The number of hydrogen-bond donors (Lipinski definition) is 1. The first-order chi connectivity index (χ1) is 14.6. The fraction of sp³-hybridized carbons (Fsp3) is 0.130. The number of ether oxygens (including phenoxy) is 1. The lowest BCUT2D eigenvalue weighted by Gasteiger charge is -2.13. The third-order valence-electron chi connectivity index (χ3n) is 4.44. The average Bonchev–Trinajstić information content (AvgIpc) is 3.18. The molecule has 4 aromatic rings. The first-order valence-corrected chi connectivity index (χ1v) is 10.3. The Morgan fingerprint density at radius 3 is 2.53 bits per heavy atom. The second-order valence-electron chi connectivity index (χ2n) is 6.70. The molecule has 0 aliphatic carbocycles. The van der Waals surface area contributed by atoms with Crippen molar-refractivity contribution in [3.05, 3.63) is 89.2 Å². The molecule has 0 radical (unpaired) electrons. The van der Waals surface area contributed by atoms with Crippen LogP contribution in [0.2, 0.25) is 0 Å². The van der Waals surface area contributed by atoms with Crippen LogP contribution < -0.4 is 5.32 Å². The summed E-state index contributed by atoms with van der Waals surface area (Å²) in [5, 5.41) is 3.81. The molecule has 1 N–H and O–H groups in total. The fourth-order valence-electron chi connectivity index (χ4n) is 2.88. The summed E-state index contributed by atoms with van der Waals surface area (Å²) in [6.07, 6.45) is 1.28. The smallest absolute Gasteiger partial charge is 0.357 e. The third kappa shape index (κ3) is 4.69. The monoisotopic (exact) mass is 417 g/mol. The number of esters is 1. The molecule has 2 aromatic carbocycles. The Morgan fingerprint density at radius 2 is 1.80 bits per heavy atom. The Kier molecular flexibility index (Phi) is 5.81. The molecule has 4 rings (SSSR count). The van der Waals surface area contributed by atoms with Crippen molar-refractivity contribution in [2.24, 2.45) is 0 Å². The van der Waals surface area contributed by atoms with E-state index >= 15 is 0 Å². The van der Waals surface area contributed by atoms with Gasteiger partial charge in [0.15, 0.2) is 6.10 Å². The zero-order chi connectivity index (χ0) is 20.9. The van der Waals surface area contributed by atoms with Gasteiger partial charge in [0.1, 0.15) is 5.69 Å². The molecule has 0 unspecified atom stereocenters. The normalized spacial score (nSPS) is 11.8. The largest absolute Gasteiger partial charge is 0.448 e. The number of carbonyl (C=O) groups excluding carboxylic acids is 2. The molecule has 1 amide bonds. The maximum absolute atomic E-state index is 12.3. The lowest BCUT2D eigenvalue weighted by molar-refractivity contribution is -0.123. The van der Waals surface area contributed by atoms with Crippen molar-refractivity contribution >= 4 is 39.1 Å². The number of pyridine rings is 1. The molecule has 0 bridgehead atoms. The number of nitrogens with one attached hydrogen (secondary N) is 1. The number of para-hydroxylation sites is 1. The highest BCUT2D eigenvalue weighted by Gasteiger charge is 2.19. The minimum Gasteiger partial charge on any atom is -0.448 e. The highest BCUT2D eigenvalue weighted by atomic mass is 32.1. The molecule has 0 fully saturated rings. The van der Waals surface area contributed by atoms with Gasteiger partial charge in [0.05, 0.1) is 15.2 Å². The van der Waals surface area contributed by atoms with Crippen LogP contribution in [-0.2, 0) is 16.0 Å². The standard InChI is InChI=1S/C23H19N3O3S/c1-15(29-23(28)19-7-4-5-13-24-19)22(27)25-17-11-9-16(10-12-17)14-21-26-18-6-2-3-8-20(18)30-21/h2-13,15H,14H2,1H3,(H,25,27)/t15-/m0/s1. The number of carbonyl (C=O) groups is 2. The summed E-state index contributed by atoms with van der Waals surface area (Å²) < 4.78 is 6.35. The molecule has 0 saturated heterocycles. The summed E-state index contributed by atoms with van der Waals surface area (Å²) in [6.45, 7) is 1.53. The van der Waals surface area contributed by atoms with E-state index in [0.717, 1.165) is 22.5 Å². The third-order valence-corrected chi connectivity index (χ3v) is 5.48.